The fraction of sp³-hybridized carbons (Fsp3) is 0.400. The summed E-state index contributed by atoms with van der Waals surface area (Å²) >= 11 is 1.64. The lowest BCUT2D eigenvalue weighted by atomic mass is 9.94. The first-order chi connectivity index (χ1) is 9.83. The Kier molecular flexibility index (Phi) is 4.06. The molecule has 0 unspecified atom stereocenters. The Bertz CT molecular complexity index is 556. The van der Waals surface area contributed by atoms with Crippen LogP contribution in [0.25, 0.3) is 0 Å². The van der Waals surface area contributed by atoms with Gasteiger partial charge in [0.05, 0.1) is 6.42 Å². The molecule has 3 rings (SSSR count). The minimum atomic E-state index is 0.228. The van der Waals surface area contributed by atoms with Crippen molar-refractivity contribution in [3.8, 4) is 0 Å². The van der Waals surface area contributed by atoms with Crippen LogP contribution in [0.2, 0.25) is 0 Å². The monoisotopic (exact) mass is 287 g/mol. The summed E-state index contributed by atoms with van der Waals surface area (Å²) < 4.78 is 0. The van der Waals surface area contributed by atoms with Gasteiger partial charge in [-0.2, -0.15) is 0 Å². The first-order valence-electron chi connectivity index (χ1n) is 6.89. The summed E-state index contributed by atoms with van der Waals surface area (Å²) in [4.78, 5) is 23.7. The van der Waals surface area contributed by atoms with Gasteiger partial charge in [-0.15, -0.1) is 11.3 Å². The Morgan fingerprint density at radius 3 is 3.15 bits per heavy atom. The molecule has 4 nitrogen and oxygen atoms in total. The van der Waals surface area contributed by atoms with E-state index in [0.29, 0.717) is 12.3 Å². The Morgan fingerprint density at radius 2 is 2.40 bits per heavy atom. The number of rotatable bonds is 3. The van der Waals surface area contributed by atoms with Crippen LogP contribution in [0.1, 0.15) is 29.3 Å². The molecule has 0 saturated carbocycles. The van der Waals surface area contributed by atoms with E-state index in [-0.39, 0.29) is 5.91 Å². The molecule has 0 bridgehead atoms. The van der Waals surface area contributed by atoms with E-state index in [4.69, 9.17) is 0 Å². The van der Waals surface area contributed by atoms with Crippen molar-refractivity contribution in [1.82, 2.24) is 14.9 Å². The van der Waals surface area contributed by atoms with E-state index >= 15 is 0 Å². The van der Waals surface area contributed by atoms with Gasteiger partial charge in [0.15, 0.2) is 0 Å². The standard InChI is InChI=1S/C15H17N3OS/c19-15(9-13-4-2-8-20-13)18-7-1-3-12(10-18)14-5-6-16-11-17-14/h2,4-6,8,11-12H,1,3,7,9-10H2/t12-/m1/s1. The number of thiophene rings is 1. The summed E-state index contributed by atoms with van der Waals surface area (Å²) in [6.07, 6.45) is 6.02. The lowest BCUT2D eigenvalue weighted by molar-refractivity contribution is -0.131. The number of nitrogens with zero attached hydrogens (tertiary/aromatic N) is 3. The fourth-order valence-corrected chi connectivity index (χ4v) is 3.36. The fourth-order valence-electron chi connectivity index (χ4n) is 2.66. The molecule has 0 radical (unpaired) electrons. The van der Waals surface area contributed by atoms with Crippen molar-refractivity contribution < 1.29 is 4.79 Å². The molecule has 0 spiro atoms. The Hall–Kier alpha value is -1.75. The smallest absolute Gasteiger partial charge is 0.227 e. The Morgan fingerprint density at radius 1 is 1.45 bits per heavy atom. The number of piperidine rings is 1. The van der Waals surface area contributed by atoms with Crippen molar-refractivity contribution in [2.75, 3.05) is 13.1 Å². The van der Waals surface area contributed by atoms with Crippen molar-refractivity contribution in [2.24, 2.45) is 0 Å². The predicted molar refractivity (Wildman–Crippen MR) is 78.6 cm³/mol. The van der Waals surface area contributed by atoms with Gasteiger partial charge in [0.25, 0.3) is 0 Å². The van der Waals surface area contributed by atoms with E-state index in [0.717, 1.165) is 36.5 Å². The number of hydrogen-bond donors (Lipinski definition) is 0. The van der Waals surface area contributed by atoms with Crippen LogP contribution in [0.3, 0.4) is 0 Å². The molecule has 1 amide bonds. The minimum absolute atomic E-state index is 0.228. The van der Waals surface area contributed by atoms with Gasteiger partial charge in [0.2, 0.25) is 5.91 Å². The van der Waals surface area contributed by atoms with E-state index in [1.165, 1.54) is 0 Å². The van der Waals surface area contributed by atoms with Gasteiger partial charge in [0, 0.05) is 35.8 Å². The van der Waals surface area contributed by atoms with Gasteiger partial charge >= 0.3 is 0 Å². The highest BCUT2D eigenvalue weighted by Crippen LogP contribution is 2.25. The second kappa shape index (κ2) is 6.13. The van der Waals surface area contributed by atoms with Crippen LogP contribution in [0.15, 0.2) is 36.1 Å². The topological polar surface area (TPSA) is 46.1 Å². The zero-order valence-corrected chi connectivity index (χ0v) is 12.1. The molecule has 3 heterocycles. The van der Waals surface area contributed by atoms with Gasteiger partial charge < -0.3 is 4.90 Å². The molecule has 1 fully saturated rings. The third-order valence-electron chi connectivity index (χ3n) is 3.70. The summed E-state index contributed by atoms with van der Waals surface area (Å²) in [5, 5.41) is 2.02. The van der Waals surface area contributed by atoms with Gasteiger partial charge in [-0.25, -0.2) is 9.97 Å². The molecule has 104 valence electrons. The van der Waals surface area contributed by atoms with Gasteiger partial charge in [0.1, 0.15) is 6.33 Å². The zero-order chi connectivity index (χ0) is 13.8. The van der Waals surface area contributed by atoms with E-state index in [1.807, 2.05) is 28.5 Å². The van der Waals surface area contributed by atoms with E-state index in [9.17, 15) is 4.79 Å². The third-order valence-corrected chi connectivity index (χ3v) is 4.58. The van der Waals surface area contributed by atoms with Gasteiger partial charge in [-0.3, -0.25) is 4.79 Å². The minimum Gasteiger partial charge on any atom is -0.342 e. The highest BCUT2D eigenvalue weighted by Gasteiger charge is 2.25. The number of hydrogen-bond acceptors (Lipinski definition) is 4. The summed E-state index contributed by atoms with van der Waals surface area (Å²) in [5.41, 5.74) is 1.05. The van der Waals surface area contributed by atoms with Crippen LogP contribution < -0.4 is 0 Å². The average molecular weight is 287 g/mol. The molecule has 1 aliphatic heterocycles. The molecule has 1 atom stereocenters. The van der Waals surface area contributed by atoms with E-state index < -0.39 is 0 Å². The van der Waals surface area contributed by atoms with Crippen LogP contribution >= 0.6 is 11.3 Å². The number of aromatic nitrogens is 2. The molecule has 2 aromatic heterocycles. The van der Waals surface area contributed by atoms with E-state index in [1.54, 1.807) is 23.9 Å². The van der Waals surface area contributed by atoms with E-state index in [2.05, 4.69) is 9.97 Å². The number of carbonyl (C=O) groups excluding carboxylic acids is 1. The van der Waals surface area contributed by atoms with Gasteiger partial charge in [-0.1, -0.05) is 6.07 Å². The zero-order valence-electron chi connectivity index (χ0n) is 11.2. The second-order valence-electron chi connectivity index (χ2n) is 5.07. The third kappa shape index (κ3) is 3.04. The van der Waals surface area contributed by atoms with Crippen LogP contribution in [0.4, 0.5) is 0 Å². The second-order valence-corrected chi connectivity index (χ2v) is 6.10. The number of carbonyl (C=O) groups is 1. The Balaban J connectivity index is 1.64. The highest BCUT2D eigenvalue weighted by molar-refractivity contribution is 7.10. The van der Waals surface area contributed by atoms with Crippen molar-refractivity contribution in [1.29, 1.82) is 0 Å². The summed E-state index contributed by atoms with van der Waals surface area (Å²) in [6, 6.07) is 5.97. The molecule has 5 heteroatoms. The molecule has 1 aliphatic rings. The quantitative estimate of drug-likeness (QED) is 0.871. The van der Waals surface area contributed by atoms with Crippen molar-refractivity contribution in [3.05, 3.63) is 46.7 Å². The molecule has 0 aromatic carbocycles. The van der Waals surface area contributed by atoms with Crippen molar-refractivity contribution >= 4 is 17.2 Å². The largest absolute Gasteiger partial charge is 0.342 e. The summed E-state index contributed by atoms with van der Waals surface area (Å²) in [7, 11) is 0. The number of likely N-dealkylation sites (tertiary alicyclic amines) is 1. The first kappa shape index (κ1) is 13.2. The van der Waals surface area contributed by atoms with Crippen molar-refractivity contribution in [3.63, 3.8) is 0 Å². The van der Waals surface area contributed by atoms with Crippen molar-refractivity contribution in [2.45, 2.75) is 25.2 Å². The SMILES string of the molecule is O=C(Cc1cccs1)N1CCC[C@@H](c2ccncn2)C1. The average Bonchev–Trinajstić information content (AvgIpc) is 3.01. The highest BCUT2D eigenvalue weighted by atomic mass is 32.1. The molecular formula is C15H17N3OS. The normalized spacial score (nSPS) is 19.0. The molecule has 1 saturated heterocycles. The molecular weight excluding hydrogens is 270 g/mol. The van der Waals surface area contributed by atoms with Gasteiger partial charge in [-0.05, 0) is 30.4 Å². The molecule has 20 heavy (non-hydrogen) atoms. The lowest BCUT2D eigenvalue weighted by Gasteiger charge is -2.32. The first-order valence-corrected chi connectivity index (χ1v) is 7.77. The van der Waals surface area contributed by atoms with Crippen LogP contribution in [0, 0.1) is 0 Å². The lowest BCUT2D eigenvalue weighted by Crippen LogP contribution is -2.40. The molecule has 0 N–H and O–H groups in total. The number of amides is 1. The van der Waals surface area contributed by atoms with Crippen LogP contribution in [-0.4, -0.2) is 33.9 Å². The Labute approximate surface area is 122 Å². The molecule has 0 aliphatic carbocycles. The van der Waals surface area contributed by atoms with Crippen LogP contribution in [0.5, 0.6) is 0 Å². The summed E-state index contributed by atoms with van der Waals surface area (Å²) in [6.45, 7) is 1.65. The maximum absolute atomic E-state index is 12.3. The summed E-state index contributed by atoms with van der Waals surface area (Å²) in [5.74, 6) is 0.574. The molecule has 2 aromatic rings. The predicted octanol–water partition coefficient (Wildman–Crippen LogP) is 2.49. The maximum atomic E-state index is 12.3. The maximum Gasteiger partial charge on any atom is 0.227 e. The van der Waals surface area contributed by atoms with Crippen LogP contribution in [-0.2, 0) is 11.2 Å².